The number of oxazole rings is 1. The van der Waals surface area contributed by atoms with Crippen molar-refractivity contribution in [2.45, 2.75) is 39.2 Å². The number of aryl methyl sites for hydroxylation is 2. The van der Waals surface area contributed by atoms with Crippen molar-refractivity contribution in [3.05, 3.63) is 66.2 Å². The molecule has 0 fully saturated rings. The van der Waals surface area contributed by atoms with E-state index in [1.807, 2.05) is 67.3 Å². The van der Waals surface area contributed by atoms with Crippen LogP contribution in [0.2, 0.25) is 0 Å². The van der Waals surface area contributed by atoms with Crippen molar-refractivity contribution < 1.29 is 13.9 Å². The molecule has 1 aliphatic heterocycles. The van der Waals surface area contributed by atoms with Gasteiger partial charge in [-0.2, -0.15) is 0 Å². The molecule has 2 heterocycles. The van der Waals surface area contributed by atoms with Crippen LogP contribution in [0.1, 0.15) is 31.2 Å². The predicted octanol–water partition coefficient (Wildman–Crippen LogP) is 4.79. The lowest BCUT2D eigenvalue weighted by molar-refractivity contribution is -0.119. The van der Waals surface area contributed by atoms with E-state index in [2.05, 4.69) is 4.98 Å². The molecule has 0 saturated heterocycles. The van der Waals surface area contributed by atoms with E-state index >= 15 is 0 Å². The number of hydrogen-bond acceptors (Lipinski definition) is 4. The van der Waals surface area contributed by atoms with Gasteiger partial charge in [-0.1, -0.05) is 36.4 Å². The quantitative estimate of drug-likeness (QED) is 0.643. The lowest BCUT2D eigenvalue weighted by Gasteiger charge is -2.33. The first-order chi connectivity index (χ1) is 13.6. The van der Waals surface area contributed by atoms with Gasteiger partial charge in [-0.3, -0.25) is 4.79 Å². The second-order valence-electron chi connectivity index (χ2n) is 7.24. The molecule has 28 heavy (non-hydrogen) atoms. The Kier molecular flexibility index (Phi) is 5.15. The first-order valence-corrected chi connectivity index (χ1v) is 9.68. The topological polar surface area (TPSA) is 55.6 Å². The Morgan fingerprint density at radius 3 is 2.86 bits per heavy atom. The van der Waals surface area contributed by atoms with Gasteiger partial charge in [0.1, 0.15) is 11.9 Å². The molecule has 1 atom stereocenters. The zero-order valence-electron chi connectivity index (χ0n) is 16.2. The van der Waals surface area contributed by atoms with E-state index in [1.165, 1.54) is 0 Å². The molecular weight excluding hydrogens is 352 g/mol. The maximum atomic E-state index is 12.8. The maximum absolute atomic E-state index is 12.8. The Morgan fingerprint density at radius 1 is 1.21 bits per heavy atom. The molecular formula is C23H24N2O3. The van der Waals surface area contributed by atoms with E-state index in [1.54, 1.807) is 6.20 Å². The molecule has 144 valence electrons. The van der Waals surface area contributed by atoms with Crippen LogP contribution in [0.15, 0.2) is 59.1 Å². The monoisotopic (exact) mass is 376 g/mol. The van der Waals surface area contributed by atoms with Gasteiger partial charge in [0.2, 0.25) is 5.91 Å². The fourth-order valence-corrected chi connectivity index (χ4v) is 3.47. The van der Waals surface area contributed by atoms with Gasteiger partial charge in [-0.15, -0.1) is 0 Å². The Labute approximate surface area is 165 Å². The number of benzene rings is 2. The lowest BCUT2D eigenvalue weighted by Crippen LogP contribution is -2.42. The Bertz CT molecular complexity index is 965. The highest BCUT2D eigenvalue weighted by Gasteiger charge is 2.27. The van der Waals surface area contributed by atoms with Gasteiger partial charge in [0.05, 0.1) is 18.4 Å². The second kappa shape index (κ2) is 7.89. The summed E-state index contributed by atoms with van der Waals surface area (Å²) < 4.78 is 11.7. The smallest absolute Gasteiger partial charge is 0.227 e. The molecule has 2 aromatic carbocycles. The van der Waals surface area contributed by atoms with Crippen LogP contribution >= 0.6 is 0 Å². The van der Waals surface area contributed by atoms with Crippen molar-refractivity contribution in [3.63, 3.8) is 0 Å². The predicted molar refractivity (Wildman–Crippen MR) is 108 cm³/mol. The van der Waals surface area contributed by atoms with Crippen molar-refractivity contribution in [1.82, 2.24) is 4.98 Å². The third-order valence-corrected chi connectivity index (χ3v) is 4.87. The van der Waals surface area contributed by atoms with E-state index in [4.69, 9.17) is 9.15 Å². The minimum absolute atomic E-state index is 0.0154. The average molecular weight is 376 g/mol. The largest absolute Gasteiger partial charge is 0.487 e. The number of hydrogen-bond donors (Lipinski definition) is 0. The van der Waals surface area contributed by atoms with E-state index in [0.717, 1.165) is 28.3 Å². The molecule has 0 bridgehead atoms. The zero-order valence-corrected chi connectivity index (χ0v) is 16.2. The van der Waals surface area contributed by atoms with Crippen molar-refractivity contribution in [3.8, 4) is 17.1 Å². The molecule has 1 amide bonds. The number of rotatable bonds is 5. The van der Waals surface area contributed by atoms with Gasteiger partial charge in [0.15, 0.2) is 11.7 Å². The molecule has 5 heteroatoms. The molecule has 3 aromatic rings. The molecule has 0 N–H and O–H groups in total. The highest BCUT2D eigenvalue weighted by Crippen LogP contribution is 2.34. The Balaban J connectivity index is 1.37. The first-order valence-electron chi connectivity index (χ1n) is 9.68. The number of carbonyl (C=O) groups excluding carboxylic acids is 1. The van der Waals surface area contributed by atoms with Gasteiger partial charge in [0.25, 0.3) is 0 Å². The van der Waals surface area contributed by atoms with Gasteiger partial charge in [-0.25, -0.2) is 4.98 Å². The number of ether oxygens (including phenoxy) is 1. The molecule has 1 aromatic heterocycles. The van der Waals surface area contributed by atoms with Crippen LogP contribution in [-0.2, 0) is 11.2 Å². The van der Waals surface area contributed by atoms with Gasteiger partial charge < -0.3 is 14.1 Å². The summed E-state index contributed by atoms with van der Waals surface area (Å²) in [5, 5.41) is 0. The van der Waals surface area contributed by atoms with Crippen molar-refractivity contribution >= 4 is 11.6 Å². The lowest BCUT2D eigenvalue weighted by atomic mass is 10.1. The molecule has 0 spiro atoms. The summed E-state index contributed by atoms with van der Waals surface area (Å²) in [6.07, 6.45) is 3.51. The van der Waals surface area contributed by atoms with Crippen LogP contribution in [0.4, 0.5) is 5.69 Å². The Hall–Kier alpha value is -3.08. The van der Waals surface area contributed by atoms with Crippen LogP contribution < -0.4 is 9.64 Å². The fourth-order valence-electron chi connectivity index (χ4n) is 3.47. The number of amides is 1. The number of fused-ring (bicyclic) bond motifs is 1. The average Bonchev–Trinajstić information content (AvgIpc) is 3.16. The summed E-state index contributed by atoms with van der Waals surface area (Å²) in [5.74, 6) is 2.31. The molecule has 5 nitrogen and oxygen atoms in total. The van der Waals surface area contributed by atoms with E-state index in [-0.39, 0.29) is 12.0 Å². The number of carbonyl (C=O) groups is 1. The molecule has 1 aliphatic rings. The van der Waals surface area contributed by atoms with Crippen molar-refractivity contribution in [2.24, 2.45) is 0 Å². The van der Waals surface area contributed by atoms with Crippen molar-refractivity contribution in [1.29, 1.82) is 0 Å². The molecule has 0 saturated carbocycles. The molecule has 1 unspecified atom stereocenters. The summed E-state index contributed by atoms with van der Waals surface area (Å²) in [6.45, 7) is 4.59. The zero-order chi connectivity index (χ0) is 19.5. The summed E-state index contributed by atoms with van der Waals surface area (Å²) >= 11 is 0. The summed E-state index contributed by atoms with van der Waals surface area (Å²) in [6, 6.07) is 15.9. The van der Waals surface area contributed by atoms with Crippen LogP contribution in [-0.4, -0.2) is 23.5 Å². The third-order valence-electron chi connectivity index (χ3n) is 4.87. The third kappa shape index (κ3) is 3.93. The SMILES string of the molecule is Cc1ccc2c(c1)OC(C)CN2C(=O)CCCc1ncc(-c2ccccc2)o1. The fraction of sp³-hybridized carbons (Fsp3) is 0.304. The number of anilines is 1. The normalized spacial score (nSPS) is 15.8. The standard InChI is InChI=1S/C23H24N2O3/c1-16-11-12-19-20(13-16)27-17(2)15-25(19)23(26)10-6-9-22-24-14-21(28-22)18-7-4-3-5-8-18/h3-5,7-8,11-14,17H,6,9-10,15H2,1-2H3. The molecule has 4 rings (SSSR count). The van der Waals surface area contributed by atoms with Crippen LogP contribution in [0.5, 0.6) is 5.75 Å². The van der Waals surface area contributed by atoms with Crippen molar-refractivity contribution in [2.75, 3.05) is 11.4 Å². The highest BCUT2D eigenvalue weighted by molar-refractivity contribution is 5.95. The van der Waals surface area contributed by atoms with Gasteiger partial charge in [0, 0.05) is 18.4 Å². The number of aromatic nitrogens is 1. The minimum atomic E-state index is -0.0154. The van der Waals surface area contributed by atoms with Gasteiger partial charge in [-0.05, 0) is 38.0 Å². The Morgan fingerprint density at radius 2 is 2.04 bits per heavy atom. The summed E-state index contributed by atoms with van der Waals surface area (Å²) in [7, 11) is 0. The summed E-state index contributed by atoms with van der Waals surface area (Å²) in [4.78, 5) is 19.0. The van der Waals surface area contributed by atoms with E-state index < -0.39 is 0 Å². The first kappa shape index (κ1) is 18.3. The highest BCUT2D eigenvalue weighted by atomic mass is 16.5. The van der Waals surface area contributed by atoms with Crippen LogP contribution in [0, 0.1) is 6.92 Å². The van der Waals surface area contributed by atoms with Crippen LogP contribution in [0.3, 0.4) is 0 Å². The summed E-state index contributed by atoms with van der Waals surface area (Å²) in [5.41, 5.74) is 2.99. The minimum Gasteiger partial charge on any atom is -0.487 e. The number of nitrogens with zero attached hydrogens (tertiary/aromatic N) is 2. The molecule has 0 aliphatic carbocycles. The maximum Gasteiger partial charge on any atom is 0.227 e. The van der Waals surface area contributed by atoms with E-state index in [0.29, 0.717) is 31.7 Å². The van der Waals surface area contributed by atoms with Crippen LogP contribution in [0.25, 0.3) is 11.3 Å². The molecule has 0 radical (unpaired) electrons. The van der Waals surface area contributed by atoms with Gasteiger partial charge >= 0.3 is 0 Å². The second-order valence-corrected chi connectivity index (χ2v) is 7.24. The van der Waals surface area contributed by atoms with E-state index in [9.17, 15) is 4.79 Å².